The van der Waals surface area contributed by atoms with E-state index in [0.717, 1.165) is 25.8 Å². The third-order valence-electron chi connectivity index (χ3n) is 3.08. The zero-order chi connectivity index (χ0) is 13.0. The molecule has 5 heteroatoms. The van der Waals surface area contributed by atoms with E-state index in [1.54, 1.807) is 6.07 Å². The second kappa shape index (κ2) is 6.16. The summed E-state index contributed by atoms with van der Waals surface area (Å²) in [5.74, 6) is -0.309. The van der Waals surface area contributed by atoms with Gasteiger partial charge in [-0.15, -0.1) is 0 Å². The van der Waals surface area contributed by atoms with Gasteiger partial charge in [-0.25, -0.2) is 4.39 Å². The Balaban J connectivity index is 1.97. The molecule has 1 saturated heterocycles. The van der Waals surface area contributed by atoms with Crippen molar-refractivity contribution < 1.29 is 9.18 Å². The first kappa shape index (κ1) is 13.3. The van der Waals surface area contributed by atoms with E-state index in [1.165, 1.54) is 12.1 Å². The fourth-order valence-electron chi connectivity index (χ4n) is 2.05. The van der Waals surface area contributed by atoms with Crippen LogP contribution in [0.15, 0.2) is 18.2 Å². The van der Waals surface area contributed by atoms with Crippen LogP contribution in [-0.4, -0.2) is 18.5 Å². The number of rotatable bonds is 3. The van der Waals surface area contributed by atoms with Gasteiger partial charge in [0.05, 0.1) is 6.04 Å². The van der Waals surface area contributed by atoms with Crippen LogP contribution in [0.5, 0.6) is 0 Å². The zero-order valence-corrected chi connectivity index (χ0v) is 10.8. The van der Waals surface area contributed by atoms with Gasteiger partial charge in [-0.3, -0.25) is 4.79 Å². The molecule has 3 nitrogen and oxygen atoms in total. The molecule has 1 aromatic carbocycles. The first-order valence-corrected chi connectivity index (χ1v) is 6.49. The van der Waals surface area contributed by atoms with Crippen LogP contribution in [0.2, 0.25) is 5.02 Å². The smallest absolute Gasteiger partial charge is 0.237 e. The summed E-state index contributed by atoms with van der Waals surface area (Å²) in [4.78, 5) is 11.7. The summed E-state index contributed by atoms with van der Waals surface area (Å²) in [7, 11) is 0. The van der Waals surface area contributed by atoms with Gasteiger partial charge in [-0.05, 0) is 37.5 Å². The van der Waals surface area contributed by atoms with Crippen LogP contribution in [0, 0.1) is 5.82 Å². The number of hydrogen-bond acceptors (Lipinski definition) is 2. The lowest BCUT2D eigenvalue weighted by Gasteiger charge is -2.15. The average Bonchev–Trinajstić information content (AvgIpc) is 2.55. The molecular formula is C13H16ClFN2O. The SMILES string of the molecule is O=C1NCCCCC1NCc1cc(Cl)ccc1F. The fraction of sp³-hybridized carbons (Fsp3) is 0.462. The van der Waals surface area contributed by atoms with Crippen molar-refractivity contribution in [1.82, 2.24) is 10.6 Å². The lowest BCUT2D eigenvalue weighted by molar-refractivity contribution is -0.122. The van der Waals surface area contributed by atoms with Crippen LogP contribution in [0.4, 0.5) is 4.39 Å². The maximum atomic E-state index is 13.5. The number of benzene rings is 1. The molecule has 0 bridgehead atoms. The van der Waals surface area contributed by atoms with Crippen LogP contribution >= 0.6 is 11.6 Å². The number of halogens is 2. The van der Waals surface area contributed by atoms with Crippen molar-refractivity contribution in [2.75, 3.05) is 6.54 Å². The summed E-state index contributed by atoms with van der Waals surface area (Å²) >= 11 is 5.82. The molecule has 18 heavy (non-hydrogen) atoms. The lowest BCUT2D eigenvalue weighted by Crippen LogP contribution is -2.42. The molecule has 1 amide bonds. The Bertz CT molecular complexity index is 439. The number of hydrogen-bond donors (Lipinski definition) is 2. The van der Waals surface area contributed by atoms with E-state index in [-0.39, 0.29) is 17.8 Å². The van der Waals surface area contributed by atoms with Crippen LogP contribution < -0.4 is 10.6 Å². The Kier molecular flexibility index (Phi) is 4.55. The Morgan fingerprint density at radius 2 is 2.28 bits per heavy atom. The van der Waals surface area contributed by atoms with Gasteiger partial charge in [0.1, 0.15) is 5.82 Å². The third kappa shape index (κ3) is 3.43. The van der Waals surface area contributed by atoms with Crippen LogP contribution in [0.1, 0.15) is 24.8 Å². The molecule has 1 aromatic rings. The number of nitrogens with one attached hydrogen (secondary N) is 2. The third-order valence-corrected chi connectivity index (χ3v) is 3.32. The second-order valence-corrected chi connectivity index (χ2v) is 4.89. The van der Waals surface area contributed by atoms with Crippen molar-refractivity contribution in [3.8, 4) is 0 Å². The van der Waals surface area contributed by atoms with E-state index in [0.29, 0.717) is 17.1 Å². The normalized spacial score (nSPS) is 20.3. The Hall–Kier alpha value is -1.13. The van der Waals surface area contributed by atoms with Gasteiger partial charge in [0, 0.05) is 23.7 Å². The molecule has 0 spiro atoms. The molecule has 0 aliphatic carbocycles. The van der Waals surface area contributed by atoms with Crippen molar-refractivity contribution in [3.63, 3.8) is 0 Å². The zero-order valence-electron chi connectivity index (χ0n) is 10.0. The van der Waals surface area contributed by atoms with E-state index in [2.05, 4.69) is 10.6 Å². The van der Waals surface area contributed by atoms with Crippen molar-refractivity contribution >= 4 is 17.5 Å². The topological polar surface area (TPSA) is 41.1 Å². The standard InChI is InChI=1S/C13H16ClFN2O/c14-10-4-5-11(15)9(7-10)8-17-12-3-1-2-6-16-13(12)18/h4-5,7,12,17H,1-3,6,8H2,(H,16,18). The van der Waals surface area contributed by atoms with Gasteiger partial charge in [0.15, 0.2) is 0 Å². The van der Waals surface area contributed by atoms with Gasteiger partial charge < -0.3 is 10.6 Å². The van der Waals surface area contributed by atoms with E-state index in [1.807, 2.05) is 0 Å². The average molecular weight is 271 g/mol. The molecule has 2 rings (SSSR count). The van der Waals surface area contributed by atoms with E-state index in [4.69, 9.17) is 11.6 Å². The molecule has 1 aliphatic rings. The minimum absolute atomic E-state index is 0.00469. The summed E-state index contributed by atoms with van der Waals surface area (Å²) in [6, 6.07) is 4.19. The molecule has 1 heterocycles. The highest BCUT2D eigenvalue weighted by atomic mass is 35.5. The van der Waals surface area contributed by atoms with Gasteiger partial charge in [-0.2, -0.15) is 0 Å². The molecule has 1 atom stereocenters. The van der Waals surface area contributed by atoms with Crippen LogP contribution in [0.25, 0.3) is 0 Å². The number of carbonyl (C=O) groups is 1. The molecule has 1 fully saturated rings. The minimum atomic E-state index is -0.305. The monoisotopic (exact) mass is 270 g/mol. The molecule has 2 N–H and O–H groups in total. The maximum absolute atomic E-state index is 13.5. The van der Waals surface area contributed by atoms with Crippen LogP contribution in [-0.2, 0) is 11.3 Å². The Labute approximate surface area is 111 Å². The summed E-state index contributed by atoms with van der Waals surface area (Å²) in [5, 5.41) is 6.42. The highest BCUT2D eigenvalue weighted by Gasteiger charge is 2.20. The number of carbonyl (C=O) groups excluding carboxylic acids is 1. The quantitative estimate of drug-likeness (QED) is 0.884. The molecule has 0 saturated carbocycles. The summed E-state index contributed by atoms with van der Waals surface area (Å²) in [6.45, 7) is 1.03. The van der Waals surface area contributed by atoms with E-state index in [9.17, 15) is 9.18 Å². The molecule has 98 valence electrons. The summed E-state index contributed by atoms with van der Waals surface area (Å²) in [6.07, 6.45) is 2.78. The van der Waals surface area contributed by atoms with Gasteiger partial charge in [0.2, 0.25) is 5.91 Å². The largest absolute Gasteiger partial charge is 0.355 e. The van der Waals surface area contributed by atoms with Crippen molar-refractivity contribution in [1.29, 1.82) is 0 Å². The maximum Gasteiger partial charge on any atom is 0.237 e. The molecule has 1 aliphatic heterocycles. The summed E-state index contributed by atoms with van der Waals surface area (Å²) in [5.41, 5.74) is 0.486. The lowest BCUT2D eigenvalue weighted by atomic mass is 10.1. The van der Waals surface area contributed by atoms with Gasteiger partial charge >= 0.3 is 0 Å². The Morgan fingerprint density at radius 3 is 3.11 bits per heavy atom. The molecule has 0 radical (unpaired) electrons. The first-order valence-electron chi connectivity index (χ1n) is 6.12. The molecular weight excluding hydrogens is 255 g/mol. The second-order valence-electron chi connectivity index (χ2n) is 4.46. The summed E-state index contributed by atoms with van der Waals surface area (Å²) < 4.78 is 13.5. The predicted octanol–water partition coefficient (Wildman–Crippen LogP) is 2.24. The van der Waals surface area contributed by atoms with Crippen molar-refractivity contribution in [2.45, 2.75) is 31.8 Å². The number of amides is 1. The van der Waals surface area contributed by atoms with E-state index < -0.39 is 0 Å². The highest BCUT2D eigenvalue weighted by molar-refractivity contribution is 6.30. The van der Waals surface area contributed by atoms with E-state index >= 15 is 0 Å². The molecule has 0 aromatic heterocycles. The Morgan fingerprint density at radius 1 is 1.44 bits per heavy atom. The highest BCUT2D eigenvalue weighted by Crippen LogP contribution is 2.15. The van der Waals surface area contributed by atoms with Gasteiger partial charge in [0.25, 0.3) is 0 Å². The molecule has 1 unspecified atom stereocenters. The van der Waals surface area contributed by atoms with Gasteiger partial charge in [-0.1, -0.05) is 11.6 Å². The first-order chi connectivity index (χ1) is 8.66. The minimum Gasteiger partial charge on any atom is -0.355 e. The van der Waals surface area contributed by atoms with Crippen molar-refractivity contribution in [3.05, 3.63) is 34.6 Å². The fourth-order valence-corrected chi connectivity index (χ4v) is 2.24. The van der Waals surface area contributed by atoms with Crippen molar-refractivity contribution in [2.24, 2.45) is 0 Å². The predicted molar refractivity (Wildman–Crippen MR) is 68.9 cm³/mol. The van der Waals surface area contributed by atoms with Crippen LogP contribution in [0.3, 0.4) is 0 Å².